The predicted octanol–water partition coefficient (Wildman–Crippen LogP) is 0.987. The van der Waals surface area contributed by atoms with Crippen LogP contribution in [0.25, 0.3) is 10.9 Å². The van der Waals surface area contributed by atoms with E-state index in [-0.39, 0.29) is 12.0 Å². The lowest BCUT2D eigenvalue weighted by molar-refractivity contribution is -0.136. The molecule has 0 aliphatic rings. The Bertz CT molecular complexity index is 637. The summed E-state index contributed by atoms with van der Waals surface area (Å²) in [6.07, 6.45) is -0.0711. The van der Waals surface area contributed by atoms with Crippen LogP contribution < -0.4 is 5.56 Å². The number of nitrogens with zero attached hydrogens (tertiary/aromatic N) is 2. The second-order valence-corrected chi connectivity index (χ2v) is 3.93. The van der Waals surface area contributed by atoms with Gasteiger partial charge >= 0.3 is 5.97 Å². The fourth-order valence-electron chi connectivity index (χ4n) is 2.20. The second kappa shape index (κ2) is 4.08. The summed E-state index contributed by atoms with van der Waals surface area (Å²) in [7, 11) is 1.78. The first-order valence-electron chi connectivity index (χ1n) is 5.45. The van der Waals surface area contributed by atoms with E-state index < -0.39 is 5.97 Å². The van der Waals surface area contributed by atoms with Crippen LogP contribution >= 0.6 is 0 Å². The monoisotopic (exact) mass is 234 g/mol. The second-order valence-electron chi connectivity index (χ2n) is 3.93. The summed E-state index contributed by atoms with van der Waals surface area (Å²) in [4.78, 5) is 22.8. The first-order chi connectivity index (χ1) is 8.06. The number of hydrogen-bond acceptors (Lipinski definition) is 2. The molecule has 1 N–H and O–H groups in total. The highest BCUT2D eigenvalue weighted by molar-refractivity contribution is 5.85. The van der Waals surface area contributed by atoms with Gasteiger partial charge in [0.15, 0.2) is 0 Å². The van der Waals surface area contributed by atoms with Gasteiger partial charge < -0.3 is 5.11 Å². The molecule has 0 saturated carbocycles. The molecule has 0 atom stereocenters. The zero-order valence-electron chi connectivity index (χ0n) is 9.80. The molecule has 2 aromatic rings. The average molecular weight is 234 g/mol. The van der Waals surface area contributed by atoms with E-state index in [1.54, 1.807) is 34.6 Å². The van der Waals surface area contributed by atoms with Gasteiger partial charge in [0.1, 0.15) is 0 Å². The molecular formula is C12H14N2O3. The number of carbonyl (C=O) groups is 1. The Morgan fingerprint density at radius 1 is 1.41 bits per heavy atom. The molecule has 1 aromatic carbocycles. The minimum Gasteiger partial charge on any atom is -0.481 e. The summed E-state index contributed by atoms with van der Waals surface area (Å²) in [5.74, 6) is -0.894. The molecule has 0 fully saturated rings. The number of hydrogen-bond donors (Lipinski definition) is 1. The molecule has 0 unspecified atom stereocenters. The third kappa shape index (κ3) is 1.73. The van der Waals surface area contributed by atoms with Gasteiger partial charge in [-0.25, -0.2) is 0 Å². The van der Waals surface area contributed by atoms with Crippen molar-refractivity contribution in [1.82, 2.24) is 9.36 Å². The summed E-state index contributed by atoms with van der Waals surface area (Å²) in [6.45, 7) is 2.45. The Balaban J connectivity index is 2.80. The summed E-state index contributed by atoms with van der Waals surface area (Å²) < 4.78 is 3.33. The number of rotatable bonds is 3. The minimum absolute atomic E-state index is 0.0711. The van der Waals surface area contributed by atoms with Crippen molar-refractivity contribution in [2.45, 2.75) is 19.9 Å². The van der Waals surface area contributed by atoms with E-state index in [0.717, 1.165) is 0 Å². The maximum absolute atomic E-state index is 12.0. The Morgan fingerprint density at radius 3 is 2.71 bits per heavy atom. The molecule has 90 valence electrons. The molecule has 0 saturated heterocycles. The first-order valence-corrected chi connectivity index (χ1v) is 5.45. The molecule has 1 aromatic heterocycles. The van der Waals surface area contributed by atoms with Crippen LogP contribution in [-0.2, 0) is 24.8 Å². The number of aromatic nitrogens is 2. The number of carboxylic acid groups (broad SMARTS) is 1. The van der Waals surface area contributed by atoms with Crippen molar-refractivity contribution in [1.29, 1.82) is 0 Å². The standard InChI is InChI=1S/C12H14N2O3/c1-3-14-12(17)9-6-4-5-8(7-10(15)16)11(9)13(14)2/h4-6H,3,7H2,1-2H3,(H,15,16). The minimum atomic E-state index is -0.894. The predicted molar refractivity (Wildman–Crippen MR) is 64.2 cm³/mol. The topological polar surface area (TPSA) is 64.2 Å². The quantitative estimate of drug-likeness (QED) is 0.861. The third-order valence-corrected chi connectivity index (χ3v) is 2.91. The fraction of sp³-hybridized carbons (Fsp3) is 0.333. The smallest absolute Gasteiger partial charge is 0.307 e. The van der Waals surface area contributed by atoms with E-state index in [9.17, 15) is 9.59 Å². The summed E-state index contributed by atoms with van der Waals surface area (Å²) >= 11 is 0. The SMILES string of the molecule is CCn1c(=O)c2cccc(CC(=O)O)c2n1C. The van der Waals surface area contributed by atoms with Crippen LogP contribution in [0, 0.1) is 0 Å². The van der Waals surface area contributed by atoms with E-state index in [1.807, 2.05) is 6.92 Å². The van der Waals surface area contributed by atoms with E-state index in [4.69, 9.17) is 5.11 Å². The fourth-order valence-corrected chi connectivity index (χ4v) is 2.20. The zero-order chi connectivity index (χ0) is 12.6. The molecule has 0 radical (unpaired) electrons. The van der Waals surface area contributed by atoms with Crippen LogP contribution in [0.4, 0.5) is 0 Å². The van der Waals surface area contributed by atoms with E-state index in [2.05, 4.69) is 0 Å². The molecule has 0 bridgehead atoms. The number of para-hydroxylation sites is 1. The van der Waals surface area contributed by atoms with E-state index >= 15 is 0 Å². The average Bonchev–Trinajstić information content (AvgIpc) is 2.52. The first kappa shape index (κ1) is 11.4. The third-order valence-electron chi connectivity index (χ3n) is 2.91. The molecule has 17 heavy (non-hydrogen) atoms. The maximum atomic E-state index is 12.0. The zero-order valence-corrected chi connectivity index (χ0v) is 9.80. The molecule has 2 rings (SSSR count). The highest BCUT2D eigenvalue weighted by atomic mass is 16.4. The molecule has 5 nitrogen and oxygen atoms in total. The molecule has 1 heterocycles. The van der Waals surface area contributed by atoms with Crippen molar-refractivity contribution in [3.05, 3.63) is 34.1 Å². The van der Waals surface area contributed by atoms with Crippen LogP contribution in [-0.4, -0.2) is 20.4 Å². The summed E-state index contributed by atoms with van der Waals surface area (Å²) in [5, 5.41) is 9.43. The van der Waals surface area contributed by atoms with Crippen molar-refractivity contribution in [3.8, 4) is 0 Å². The van der Waals surface area contributed by atoms with Crippen molar-refractivity contribution in [2.75, 3.05) is 0 Å². The number of aryl methyl sites for hydroxylation is 1. The number of carboxylic acids is 1. The lowest BCUT2D eigenvalue weighted by Crippen LogP contribution is -2.19. The summed E-state index contributed by atoms with van der Waals surface area (Å²) in [6, 6.07) is 5.20. The van der Waals surface area contributed by atoms with E-state index in [0.29, 0.717) is 23.0 Å². The lowest BCUT2D eigenvalue weighted by Gasteiger charge is -2.06. The van der Waals surface area contributed by atoms with Crippen molar-refractivity contribution >= 4 is 16.9 Å². The lowest BCUT2D eigenvalue weighted by atomic mass is 10.1. The van der Waals surface area contributed by atoms with Crippen molar-refractivity contribution in [3.63, 3.8) is 0 Å². The van der Waals surface area contributed by atoms with Crippen LogP contribution in [0.2, 0.25) is 0 Å². The van der Waals surface area contributed by atoms with Crippen LogP contribution in [0.3, 0.4) is 0 Å². The number of fused-ring (bicyclic) bond motifs is 1. The van der Waals surface area contributed by atoms with Crippen molar-refractivity contribution in [2.24, 2.45) is 7.05 Å². The van der Waals surface area contributed by atoms with Crippen LogP contribution in [0.1, 0.15) is 12.5 Å². The Hall–Kier alpha value is -2.04. The van der Waals surface area contributed by atoms with Gasteiger partial charge in [-0.3, -0.25) is 19.0 Å². The molecular weight excluding hydrogens is 220 g/mol. The van der Waals surface area contributed by atoms with Gasteiger partial charge in [-0.1, -0.05) is 12.1 Å². The Labute approximate surface area is 97.9 Å². The van der Waals surface area contributed by atoms with Crippen molar-refractivity contribution < 1.29 is 9.90 Å². The van der Waals surface area contributed by atoms with Gasteiger partial charge in [0.05, 0.1) is 17.3 Å². The van der Waals surface area contributed by atoms with Gasteiger partial charge in [-0.05, 0) is 18.6 Å². The molecule has 0 aliphatic carbocycles. The molecule has 0 spiro atoms. The van der Waals surface area contributed by atoms with Gasteiger partial charge in [0, 0.05) is 13.6 Å². The Morgan fingerprint density at radius 2 is 2.12 bits per heavy atom. The van der Waals surface area contributed by atoms with Gasteiger partial charge in [-0.2, -0.15) is 0 Å². The molecule has 5 heteroatoms. The van der Waals surface area contributed by atoms with Gasteiger partial charge in [0.2, 0.25) is 0 Å². The van der Waals surface area contributed by atoms with Gasteiger partial charge in [0.25, 0.3) is 5.56 Å². The maximum Gasteiger partial charge on any atom is 0.307 e. The molecule has 0 aliphatic heterocycles. The number of benzene rings is 1. The molecule has 0 amide bonds. The highest BCUT2D eigenvalue weighted by Crippen LogP contribution is 2.16. The van der Waals surface area contributed by atoms with Crippen LogP contribution in [0.15, 0.2) is 23.0 Å². The van der Waals surface area contributed by atoms with E-state index in [1.165, 1.54) is 0 Å². The van der Waals surface area contributed by atoms with Crippen LogP contribution in [0.5, 0.6) is 0 Å². The Kier molecular flexibility index (Phi) is 2.75. The number of aliphatic carboxylic acids is 1. The van der Waals surface area contributed by atoms with Gasteiger partial charge in [-0.15, -0.1) is 0 Å². The summed E-state index contributed by atoms with van der Waals surface area (Å²) in [5.41, 5.74) is 1.31. The highest BCUT2D eigenvalue weighted by Gasteiger charge is 2.14. The largest absolute Gasteiger partial charge is 0.481 e. The normalized spacial score (nSPS) is 10.9.